The molecule has 0 unspecified atom stereocenters. The second kappa shape index (κ2) is 9.93. The standard InChI is InChI=1S/C21H19FN2O5S/c1-2-28-17-11-13(7-8-16(17)29-10-9-19(25)26)12-18-20(27)24-21(30-18)23-15-6-4-3-5-14(15)22/h3-8,11-12H,2,9-10H2,1H3,(H,25,26)(H,23,24,27)/b18-12+. The fourth-order valence-corrected chi connectivity index (χ4v) is 3.37. The van der Waals surface area contributed by atoms with Crippen molar-refractivity contribution in [3.63, 3.8) is 0 Å². The topological polar surface area (TPSA) is 97.2 Å². The second-order valence-corrected chi connectivity index (χ2v) is 7.10. The number of ether oxygens (including phenoxy) is 2. The van der Waals surface area contributed by atoms with Crippen molar-refractivity contribution in [3.05, 3.63) is 58.8 Å². The lowest BCUT2D eigenvalue weighted by Gasteiger charge is -2.12. The monoisotopic (exact) mass is 430 g/mol. The van der Waals surface area contributed by atoms with Gasteiger partial charge >= 0.3 is 5.97 Å². The predicted octanol–water partition coefficient (Wildman–Crippen LogP) is 3.97. The molecule has 1 amide bonds. The molecule has 1 fully saturated rings. The number of carboxylic acid groups (broad SMARTS) is 1. The molecule has 3 rings (SSSR count). The van der Waals surface area contributed by atoms with Gasteiger partial charge in [0.1, 0.15) is 11.5 Å². The maximum atomic E-state index is 13.8. The molecule has 1 aliphatic rings. The minimum Gasteiger partial charge on any atom is -0.490 e. The highest BCUT2D eigenvalue weighted by atomic mass is 32.2. The number of amides is 1. The molecule has 0 bridgehead atoms. The van der Waals surface area contributed by atoms with E-state index in [1.807, 2.05) is 6.92 Å². The molecule has 0 saturated carbocycles. The molecule has 30 heavy (non-hydrogen) atoms. The van der Waals surface area contributed by atoms with Gasteiger partial charge in [0.15, 0.2) is 16.7 Å². The van der Waals surface area contributed by atoms with Crippen LogP contribution in [0.5, 0.6) is 11.5 Å². The first kappa shape index (κ1) is 21.4. The van der Waals surface area contributed by atoms with Crippen LogP contribution in [0, 0.1) is 5.82 Å². The predicted molar refractivity (Wildman–Crippen MR) is 113 cm³/mol. The molecular formula is C21H19FN2O5S. The van der Waals surface area contributed by atoms with Gasteiger partial charge in [-0.3, -0.25) is 9.59 Å². The SMILES string of the molecule is CCOc1cc(/C=C2/SC(=Nc3ccccc3F)NC2=O)ccc1OCCC(=O)O. The number of amidine groups is 1. The molecule has 1 saturated heterocycles. The number of carbonyl (C=O) groups excluding carboxylic acids is 1. The van der Waals surface area contributed by atoms with Gasteiger partial charge in [-0.2, -0.15) is 0 Å². The van der Waals surface area contributed by atoms with Gasteiger partial charge in [-0.25, -0.2) is 9.38 Å². The van der Waals surface area contributed by atoms with E-state index in [4.69, 9.17) is 14.6 Å². The molecule has 9 heteroatoms. The third-order valence-corrected chi connectivity index (χ3v) is 4.77. The van der Waals surface area contributed by atoms with Gasteiger partial charge in [-0.1, -0.05) is 18.2 Å². The molecule has 7 nitrogen and oxygen atoms in total. The normalized spacial score (nSPS) is 16.0. The van der Waals surface area contributed by atoms with E-state index in [0.29, 0.717) is 28.6 Å². The van der Waals surface area contributed by atoms with Gasteiger partial charge in [-0.15, -0.1) is 0 Å². The first-order valence-corrected chi connectivity index (χ1v) is 9.93. The molecule has 1 heterocycles. The van der Waals surface area contributed by atoms with Crippen molar-refractivity contribution in [2.45, 2.75) is 13.3 Å². The number of hydrogen-bond acceptors (Lipinski definition) is 6. The Labute approximate surface area is 176 Å². The average Bonchev–Trinajstić information content (AvgIpc) is 3.04. The van der Waals surface area contributed by atoms with Crippen LogP contribution in [-0.4, -0.2) is 35.4 Å². The quantitative estimate of drug-likeness (QED) is 0.615. The Balaban J connectivity index is 1.78. The van der Waals surface area contributed by atoms with Gasteiger partial charge < -0.3 is 19.9 Å². The molecule has 2 N–H and O–H groups in total. The zero-order valence-corrected chi connectivity index (χ0v) is 16.9. The number of nitrogens with zero attached hydrogens (tertiary/aromatic N) is 1. The van der Waals surface area contributed by atoms with Crippen molar-refractivity contribution in [1.82, 2.24) is 5.32 Å². The van der Waals surface area contributed by atoms with Crippen LogP contribution in [0.1, 0.15) is 18.9 Å². The first-order valence-electron chi connectivity index (χ1n) is 9.12. The van der Waals surface area contributed by atoms with Crippen LogP contribution in [0.15, 0.2) is 52.4 Å². The van der Waals surface area contributed by atoms with E-state index in [1.165, 1.54) is 12.1 Å². The van der Waals surface area contributed by atoms with Crippen molar-refractivity contribution in [2.75, 3.05) is 13.2 Å². The summed E-state index contributed by atoms with van der Waals surface area (Å²) in [6.45, 7) is 2.23. The number of halogens is 1. The van der Waals surface area contributed by atoms with Crippen molar-refractivity contribution in [2.24, 2.45) is 4.99 Å². The fourth-order valence-electron chi connectivity index (χ4n) is 2.53. The fraction of sp³-hybridized carbons (Fsp3) is 0.190. The van der Waals surface area contributed by atoms with Crippen molar-refractivity contribution < 1.29 is 28.6 Å². The van der Waals surface area contributed by atoms with Crippen LogP contribution >= 0.6 is 11.8 Å². The van der Waals surface area contributed by atoms with E-state index in [2.05, 4.69) is 10.3 Å². The largest absolute Gasteiger partial charge is 0.490 e. The summed E-state index contributed by atoms with van der Waals surface area (Å²) in [5.74, 6) is -0.898. The number of thioether (sulfide) groups is 1. The zero-order valence-electron chi connectivity index (χ0n) is 16.1. The van der Waals surface area contributed by atoms with E-state index in [0.717, 1.165) is 11.8 Å². The van der Waals surface area contributed by atoms with E-state index in [1.54, 1.807) is 36.4 Å². The number of hydrogen-bond donors (Lipinski definition) is 2. The minimum atomic E-state index is -0.952. The van der Waals surface area contributed by atoms with Crippen molar-refractivity contribution in [3.8, 4) is 11.5 Å². The summed E-state index contributed by atoms with van der Waals surface area (Å²) in [5.41, 5.74) is 0.830. The maximum absolute atomic E-state index is 13.8. The lowest BCUT2D eigenvalue weighted by Crippen LogP contribution is -2.19. The molecule has 0 radical (unpaired) electrons. The lowest BCUT2D eigenvalue weighted by atomic mass is 10.2. The van der Waals surface area contributed by atoms with Crippen LogP contribution in [0.2, 0.25) is 0 Å². The summed E-state index contributed by atoms with van der Waals surface area (Å²) in [7, 11) is 0. The van der Waals surface area contributed by atoms with Gasteiger partial charge in [0.05, 0.1) is 24.5 Å². The zero-order chi connectivity index (χ0) is 21.5. The summed E-state index contributed by atoms with van der Waals surface area (Å²) in [6, 6.07) is 11.1. The van der Waals surface area contributed by atoms with Crippen LogP contribution in [-0.2, 0) is 9.59 Å². The van der Waals surface area contributed by atoms with E-state index in [9.17, 15) is 14.0 Å². The summed E-state index contributed by atoms with van der Waals surface area (Å²) >= 11 is 1.10. The lowest BCUT2D eigenvalue weighted by molar-refractivity contribution is -0.137. The Hall–Kier alpha value is -3.33. The summed E-state index contributed by atoms with van der Waals surface area (Å²) in [6.07, 6.45) is 1.53. The second-order valence-electron chi connectivity index (χ2n) is 6.06. The Morgan fingerprint density at radius 3 is 2.77 bits per heavy atom. The number of nitrogens with one attached hydrogen (secondary N) is 1. The van der Waals surface area contributed by atoms with E-state index >= 15 is 0 Å². The minimum absolute atomic E-state index is 0.0178. The number of aliphatic carboxylic acids is 1. The third-order valence-electron chi connectivity index (χ3n) is 3.86. The molecular weight excluding hydrogens is 411 g/mol. The number of para-hydroxylation sites is 1. The number of rotatable bonds is 8. The van der Waals surface area contributed by atoms with Crippen molar-refractivity contribution >= 4 is 40.6 Å². The van der Waals surface area contributed by atoms with E-state index in [-0.39, 0.29) is 29.8 Å². The first-order chi connectivity index (χ1) is 14.5. The van der Waals surface area contributed by atoms with Crippen LogP contribution in [0.4, 0.5) is 10.1 Å². The number of benzene rings is 2. The van der Waals surface area contributed by atoms with E-state index < -0.39 is 11.8 Å². The number of carboxylic acids is 1. The molecule has 0 spiro atoms. The van der Waals surface area contributed by atoms with Gasteiger partial charge in [-0.05, 0) is 54.6 Å². The molecule has 2 aromatic rings. The Morgan fingerprint density at radius 2 is 2.03 bits per heavy atom. The average molecular weight is 430 g/mol. The van der Waals surface area contributed by atoms with Crippen LogP contribution in [0.25, 0.3) is 6.08 Å². The molecule has 2 aromatic carbocycles. The number of carbonyl (C=O) groups is 2. The summed E-state index contributed by atoms with van der Waals surface area (Å²) in [5, 5.41) is 11.6. The highest BCUT2D eigenvalue weighted by molar-refractivity contribution is 8.18. The van der Waals surface area contributed by atoms with Gasteiger partial charge in [0.2, 0.25) is 0 Å². The van der Waals surface area contributed by atoms with Crippen LogP contribution < -0.4 is 14.8 Å². The third kappa shape index (κ3) is 5.60. The van der Waals surface area contributed by atoms with Crippen molar-refractivity contribution in [1.29, 1.82) is 0 Å². The smallest absolute Gasteiger partial charge is 0.306 e. The molecule has 0 atom stereocenters. The summed E-state index contributed by atoms with van der Waals surface area (Å²) in [4.78, 5) is 27.5. The molecule has 0 aliphatic carbocycles. The number of aliphatic imine (C=N–C) groups is 1. The highest BCUT2D eigenvalue weighted by Crippen LogP contribution is 2.32. The molecule has 156 valence electrons. The highest BCUT2D eigenvalue weighted by Gasteiger charge is 2.24. The molecule has 0 aromatic heterocycles. The Kier molecular flexibility index (Phi) is 7.08. The maximum Gasteiger partial charge on any atom is 0.306 e. The van der Waals surface area contributed by atoms with Crippen LogP contribution in [0.3, 0.4) is 0 Å². The Morgan fingerprint density at radius 1 is 1.23 bits per heavy atom. The molecule has 1 aliphatic heterocycles. The summed E-state index contributed by atoms with van der Waals surface area (Å²) < 4.78 is 24.8. The van der Waals surface area contributed by atoms with Gasteiger partial charge in [0, 0.05) is 0 Å². The van der Waals surface area contributed by atoms with Gasteiger partial charge in [0.25, 0.3) is 5.91 Å². The Bertz CT molecular complexity index is 1020.